The van der Waals surface area contributed by atoms with Gasteiger partial charge in [-0.25, -0.2) is 24.0 Å². The Balaban J connectivity index is 0.698. The van der Waals surface area contributed by atoms with Crippen LogP contribution in [0.25, 0.3) is 27.6 Å². The summed E-state index contributed by atoms with van der Waals surface area (Å²) in [6.07, 6.45) is 14.8. The number of nitrogens with zero attached hydrogens (tertiary/aromatic N) is 10. The fraction of sp³-hybridized carbons (Fsp3) is 0.429. The number of benzene rings is 2. The van der Waals surface area contributed by atoms with Gasteiger partial charge in [-0.3, -0.25) is 29.4 Å². The summed E-state index contributed by atoms with van der Waals surface area (Å²) in [5, 5.41) is 22.9. The van der Waals surface area contributed by atoms with Crippen LogP contribution in [0.3, 0.4) is 0 Å². The predicted octanol–water partition coefficient (Wildman–Crippen LogP) is 4.93. The summed E-state index contributed by atoms with van der Waals surface area (Å²) in [4.78, 5) is 72.8. The summed E-state index contributed by atoms with van der Waals surface area (Å²) in [5.41, 5.74) is 2.80. The van der Waals surface area contributed by atoms with E-state index in [1.165, 1.54) is 29.6 Å². The molecule has 1 aliphatic carbocycles. The van der Waals surface area contributed by atoms with E-state index in [1.54, 1.807) is 28.7 Å². The molecular formula is C49H54N12O5. The van der Waals surface area contributed by atoms with Crippen LogP contribution in [0.15, 0.2) is 94.8 Å². The second-order valence-corrected chi connectivity index (χ2v) is 19.0. The van der Waals surface area contributed by atoms with E-state index in [0.29, 0.717) is 64.7 Å². The Hall–Kier alpha value is -6.72. The van der Waals surface area contributed by atoms with Crippen molar-refractivity contribution in [3.63, 3.8) is 0 Å². The van der Waals surface area contributed by atoms with Crippen molar-refractivity contribution in [2.75, 3.05) is 54.4 Å². The first kappa shape index (κ1) is 41.9. The van der Waals surface area contributed by atoms with E-state index in [9.17, 15) is 24.3 Å². The number of fused-ring (bicyclic) bond motifs is 7. The highest BCUT2D eigenvalue weighted by Gasteiger charge is 2.43. The Bertz CT molecular complexity index is 3010. The molecule has 3 N–H and O–H groups in total. The highest BCUT2D eigenvalue weighted by molar-refractivity contribution is 5.99. The average molecular weight is 891 g/mol. The first-order valence-corrected chi connectivity index (χ1v) is 23.3. The van der Waals surface area contributed by atoms with Crippen LogP contribution in [0.1, 0.15) is 76.4 Å². The maximum absolute atomic E-state index is 13.6. The molecule has 2 bridgehead atoms. The van der Waals surface area contributed by atoms with Crippen LogP contribution in [0.5, 0.6) is 0 Å². The van der Waals surface area contributed by atoms with Gasteiger partial charge in [0.1, 0.15) is 17.0 Å². The van der Waals surface area contributed by atoms with Crippen LogP contribution >= 0.6 is 0 Å². The minimum Gasteiger partial charge on any atom is -0.384 e. The summed E-state index contributed by atoms with van der Waals surface area (Å²) in [6, 6.07) is 19.6. The van der Waals surface area contributed by atoms with Crippen LogP contribution < -0.4 is 31.6 Å². The molecule has 4 aromatic heterocycles. The number of anilines is 4. The zero-order chi connectivity index (χ0) is 45.2. The second kappa shape index (κ2) is 16.6. The number of carbonyl (C=O) groups is 2. The third kappa shape index (κ3) is 7.72. The van der Waals surface area contributed by atoms with E-state index in [-0.39, 0.29) is 29.9 Å². The van der Waals surface area contributed by atoms with Crippen molar-refractivity contribution in [2.45, 2.75) is 88.9 Å². The van der Waals surface area contributed by atoms with Gasteiger partial charge in [0.15, 0.2) is 11.5 Å². The lowest BCUT2D eigenvalue weighted by Gasteiger charge is -2.42. The number of carbonyl (C=O) groups excluding carboxylic acids is 2. The minimum atomic E-state index is -1.12. The third-order valence-electron chi connectivity index (χ3n) is 14.9. The van der Waals surface area contributed by atoms with Crippen molar-refractivity contribution >= 4 is 56.6 Å². The van der Waals surface area contributed by atoms with Crippen LogP contribution in [-0.4, -0.2) is 101 Å². The van der Waals surface area contributed by atoms with Crippen molar-refractivity contribution in [1.29, 1.82) is 0 Å². The normalized spacial score (nSPS) is 24.0. The largest absolute Gasteiger partial charge is 0.384 e. The van der Waals surface area contributed by atoms with Crippen LogP contribution in [0.2, 0.25) is 0 Å². The van der Waals surface area contributed by atoms with Crippen molar-refractivity contribution in [3.8, 4) is 5.82 Å². The zero-order valence-corrected chi connectivity index (χ0v) is 37.1. The number of hydrogen-bond donors (Lipinski definition) is 3. The Morgan fingerprint density at radius 3 is 2.38 bits per heavy atom. The molecule has 5 aliphatic rings. The highest BCUT2D eigenvalue weighted by Crippen LogP contribution is 2.48. The molecule has 4 aliphatic heterocycles. The summed E-state index contributed by atoms with van der Waals surface area (Å²) in [6.45, 7) is 8.05. The van der Waals surface area contributed by atoms with Crippen molar-refractivity contribution in [1.82, 2.24) is 44.3 Å². The van der Waals surface area contributed by atoms with Crippen LogP contribution in [-0.2, 0) is 21.7 Å². The number of amides is 2. The van der Waals surface area contributed by atoms with Gasteiger partial charge in [-0.2, -0.15) is 10.1 Å². The van der Waals surface area contributed by atoms with E-state index in [0.717, 1.165) is 68.9 Å². The fourth-order valence-electron chi connectivity index (χ4n) is 11.0. The van der Waals surface area contributed by atoms with E-state index in [2.05, 4.69) is 47.5 Å². The van der Waals surface area contributed by atoms with Gasteiger partial charge in [0.05, 0.1) is 23.8 Å². The Kier molecular flexibility index (Phi) is 10.6. The van der Waals surface area contributed by atoms with Crippen LogP contribution in [0.4, 0.5) is 23.0 Å². The van der Waals surface area contributed by atoms with E-state index >= 15 is 0 Å². The van der Waals surface area contributed by atoms with Gasteiger partial charge >= 0.3 is 0 Å². The number of rotatable bonds is 6. The highest BCUT2D eigenvalue weighted by atomic mass is 16.3. The van der Waals surface area contributed by atoms with Gasteiger partial charge in [-0.1, -0.05) is 18.2 Å². The molecule has 340 valence electrons. The zero-order valence-electron chi connectivity index (χ0n) is 37.1. The maximum Gasteiger partial charge on any atom is 0.278 e. The van der Waals surface area contributed by atoms with Gasteiger partial charge in [-0.05, 0) is 118 Å². The SMILES string of the molecule is C[C@@]1(O)CC/C=C\Cn2c(=O)c3cnc(Nc4ccc(N5CCN(C6CCC7(CCN(c8ccc9c(=O)n(C%10CCC(=O)NC%10=O)ncc9c8)CC7)C6)CC5)cc4)nc3n2-c2cccc1n2. The number of imide groups is 1. The Labute approximate surface area is 380 Å². The summed E-state index contributed by atoms with van der Waals surface area (Å²) in [7, 11) is 0. The molecule has 6 aromatic rings. The maximum atomic E-state index is 13.6. The van der Waals surface area contributed by atoms with Crippen molar-refractivity contribution < 1.29 is 14.7 Å². The number of piperazine rings is 1. The van der Waals surface area contributed by atoms with Gasteiger partial charge in [0.2, 0.25) is 11.9 Å². The molecule has 17 heteroatoms. The number of aliphatic hydroxyl groups is 1. The molecule has 1 saturated carbocycles. The molecule has 2 amide bonds. The molecule has 2 unspecified atom stereocenters. The summed E-state index contributed by atoms with van der Waals surface area (Å²) in [5.74, 6) is 0.0678. The lowest BCUT2D eigenvalue weighted by Crippen LogP contribution is -2.50. The molecule has 17 nitrogen and oxygen atoms in total. The Morgan fingerprint density at radius 1 is 0.788 bits per heavy atom. The topological polar surface area (TPSA) is 189 Å². The van der Waals surface area contributed by atoms with Gasteiger partial charge in [-0.15, -0.1) is 0 Å². The molecule has 0 radical (unpaired) electrons. The third-order valence-corrected chi connectivity index (χ3v) is 14.9. The predicted molar refractivity (Wildman–Crippen MR) is 251 cm³/mol. The molecule has 66 heavy (non-hydrogen) atoms. The minimum absolute atomic E-state index is 0.188. The van der Waals surface area contributed by atoms with E-state index < -0.39 is 17.6 Å². The molecule has 3 atom stereocenters. The molecule has 11 rings (SSSR count). The molecule has 2 aromatic carbocycles. The van der Waals surface area contributed by atoms with E-state index in [4.69, 9.17) is 9.97 Å². The first-order chi connectivity index (χ1) is 32.0. The quantitative estimate of drug-likeness (QED) is 0.151. The number of pyridine rings is 1. The fourth-order valence-corrected chi connectivity index (χ4v) is 11.0. The summed E-state index contributed by atoms with van der Waals surface area (Å²) < 4.78 is 4.55. The van der Waals surface area contributed by atoms with Crippen LogP contribution in [0, 0.1) is 5.41 Å². The second-order valence-electron chi connectivity index (χ2n) is 19.0. The monoisotopic (exact) mass is 890 g/mol. The lowest BCUT2D eigenvalue weighted by molar-refractivity contribution is -0.136. The molecule has 8 heterocycles. The van der Waals surface area contributed by atoms with Crippen molar-refractivity contribution in [2.24, 2.45) is 5.41 Å². The summed E-state index contributed by atoms with van der Waals surface area (Å²) >= 11 is 0. The van der Waals surface area contributed by atoms with E-state index in [1.807, 2.05) is 60.7 Å². The molecule has 3 saturated heterocycles. The van der Waals surface area contributed by atoms with Gasteiger partial charge in [0, 0.05) is 80.4 Å². The van der Waals surface area contributed by atoms with Crippen molar-refractivity contribution in [3.05, 3.63) is 112 Å². The number of nitrogens with one attached hydrogen (secondary N) is 2. The van der Waals surface area contributed by atoms with Gasteiger partial charge in [0.25, 0.3) is 17.0 Å². The number of aromatic nitrogens is 7. The molecule has 4 fully saturated rings. The number of hydrogen-bond acceptors (Lipinski definition) is 13. The average Bonchev–Trinajstić information content (AvgIpc) is 3.86. The molecule has 1 spiro atoms. The number of piperidine rings is 2. The lowest BCUT2D eigenvalue weighted by atomic mass is 9.76. The molecular weight excluding hydrogens is 837 g/mol. The number of allylic oxidation sites excluding steroid dienone is 2. The Morgan fingerprint density at radius 2 is 1.58 bits per heavy atom. The van der Waals surface area contributed by atoms with Gasteiger partial charge < -0.3 is 20.2 Å². The smallest absolute Gasteiger partial charge is 0.278 e. The standard InChI is InChI=1S/C49H54N12O5/c1-48(66)17-3-2-4-21-59-45(64)38-31-50-47(55-43(38)61(59)41-7-5-6-40(48)53-41)52-33-8-10-34(11-9-33)57-24-26-58(27-25-57)36-16-18-49(29-36)19-22-56(23-20-49)35-12-13-37-32(28-35)30-51-60(46(37)65)39-14-15-42(62)54-44(39)63/h2,4-13,28,30-31,36,39,66H,3,14-27,29H2,1H3,(H,50,52,55)(H,54,62,63)/b4-2-/t36?,39?,48-/m1/s1. The first-order valence-electron chi connectivity index (χ1n) is 23.3.